The Morgan fingerprint density at radius 1 is 1.28 bits per heavy atom. The smallest absolute Gasteiger partial charge is 0.244 e. The number of benzene rings is 2. The van der Waals surface area contributed by atoms with Crippen LogP contribution in [0.15, 0.2) is 42.5 Å². The first kappa shape index (κ1) is 21.5. The fourth-order valence-corrected chi connectivity index (χ4v) is 5.15. The summed E-state index contributed by atoms with van der Waals surface area (Å²) >= 11 is 6.09. The van der Waals surface area contributed by atoms with Crippen LogP contribution in [0.1, 0.15) is 36.9 Å². The van der Waals surface area contributed by atoms with E-state index in [-0.39, 0.29) is 17.6 Å². The first-order valence-electron chi connectivity index (χ1n) is 9.43. The number of hydrogen-bond acceptors (Lipinski definition) is 4. The fraction of sp³-hybridized carbons (Fsp3) is 0.381. The largest absolute Gasteiger partial charge is 0.495 e. The van der Waals surface area contributed by atoms with E-state index in [1.54, 1.807) is 19.1 Å². The minimum atomic E-state index is -3.78. The van der Waals surface area contributed by atoms with Gasteiger partial charge in [-0.25, -0.2) is 8.42 Å². The second-order valence-corrected chi connectivity index (χ2v) is 9.50. The summed E-state index contributed by atoms with van der Waals surface area (Å²) in [6, 6.07) is 11.6. The van der Waals surface area contributed by atoms with Gasteiger partial charge in [0, 0.05) is 5.02 Å². The zero-order valence-electron chi connectivity index (χ0n) is 16.7. The summed E-state index contributed by atoms with van der Waals surface area (Å²) < 4.78 is 31.6. The van der Waals surface area contributed by atoms with Crippen LogP contribution in [0.3, 0.4) is 0 Å². The molecule has 0 saturated carbocycles. The number of hydrogen-bond donors (Lipinski definition) is 1. The molecule has 29 heavy (non-hydrogen) atoms. The van der Waals surface area contributed by atoms with Crippen LogP contribution >= 0.6 is 11.6 Å². The van der Waals surface area contributed by atoms with Crippen molar-refractivity contribution in [2.45, 2.75) is 38.3 Å². The predicted molar refractivity (Wildman–Crippen MR) is 115 cm³/mol. The molecule has 156 valence electrons. The molecule has 0 spiro atoms. The molecule has 0 saturated heterocycles. The van der Waals surface area contributed by atoms with Gasteiger partial charge in [-0.05, 0) is 55.5 Å². The molecular weight excluding hydrogens is 412 g/mol. The van der Waals surface area contributed by atoms with Crippen molar-refractivity contribution in [3.05, 3.63) is 58.6 Å². The fourth-order valence-electron chi connectivity index (χ4n) is 3.81. The van der Waals surface area contributed by atoms with Gasteiger partial charge >= 0.3 is 0 Å². The second-order valence-electron chi connectivity index (χ2n) is 7.20. The topological polar surface area (TPSA) is 75.7 Å². The van der Waals surface area contributed by atoms with Gasteiger partial charge in [0.05, 0.1) is 25.1 Å². The lowest BCUT2D eigenvalue weighted by molar-refractivity contribution is -0.122. The molecule has 2 aromatic rings. The number of carbonyl (C=O) groups is 1. The van der Waals surface area contributed by atoms with Crippen molar-refractivity contribution >= 4 is 33.2 Å². The summed E-state index contributed by atoms with van der Waals surface area (Å²) in [6.07, 6.45) is 3.82. The molecule has 0 radical (unpaired) electrons. The Kier molecular flexibility index (Phi) is 6.39. The van der Waals surface area contributed by atoms with Gasteiger partial charge in [-0.15, -0.1) is 0 Å². The Balaban J connectivity index is 1.91. The highest BCUT2D eigenvalue weighted by atomic mass is 35.5. The minimum Gasteiger partial charge on any atom is -0.495 e. The van der Waals surface area contributed by atoms with Crippen LogP contribution in [0.4, 0.5) is 5.69 Å². The molecule has 1 aliphatic carbocycles. The number of nitrogens with one attached hydrogen (secondary N) is 1. The van der Waals surface area contributed by atoms with Gasteiger partial charge in [0.25, 0.3) is 0 Å². The van der Waals surface area contributed by atoms with Crippen molar-refractivity contribution in [3.8, 4) is 5.75 Å². The average molecular weight is 437 g/mol. The number of carbonyl (C=O) groups excluding carboxylic acids is 1. The van der Waals surface area contributed by atoms with Crippen LogP contribution in [0, 0.1) is 0 Å². The van der Waals surface area contributed by atoms with Crippen molar-refractivity contribution in [2.75, 3.05) is 17.7 Å². The summed E-state index contributed by atoms with van der Waals surface area (Å²) in [6.45, 7) is 1.56. The molecule has 0 fully saturated rings. The van der Waals surface area contributed by atoms with Crippen molar-refractivity contribution in [2.24, 2.45) is 0 Å². The summed E-state index contributed by atoms with van der Waals surface area (Å²) in [5.74, 6) is -0.0540. The highest BCUT2D eigenvalue weighted by Gasteiger charge is 2.33. The molecule has 6 nitrogen and oxygen atoms in total. The third-order valence-electron chi connectivity index (χ3n) is 5.15. The molecule has 0 bridgehead atoms. The third kappa shape index (κ3) is 4.67. The maximum Gasteiger partial charge on any atom is 0.244 e. The third-order valence-corrected chi connectivity index (χ3v) is 6.62. The van der Waals surface area contributed by atoms with Crippen molar-refractivity contribution in [3.63, 3.8) is 0 Å². The Hall–Kier alpha value is -2.25. The first-order valence-corrected chi connectivity index (χ1v) is 11.7. The van der Waals surface area contributed by atoms with Gasteiger partial charge in [-0.1, -0.05) is 35.9 Å². The molecule has 0 unspecified atom stereocenters. The number of anilines is 1. The van der Waals surface area contributed by atoms with E-state index in [4.69, 9.17) is 16.3 Å². The van der Waals surface area contributed by atoms with Crippen molar-refractivity contribution in [1.29, 1.82) is 0 Å². The molecule has 3 rings (SSSR count). The van der Waals surface area contributed by atoms with Gasteiger partial charge < -0.3 is 10.1 Å². The van der Waals surface area contributed by atoms with Crippen molar-refractivity contribution in [1.82, 2.24) is 5.32 Å². The number of nitrogens with zero attached hydrogens (tertiary/aromatic N) is 1. The summed E-state index contributed by atoms with van der Waals surface area (Å²) in [7, 11) is -2.34. The van der Waals surface area contributed by atoms with E-state index in [0.29, 0.717) is 10.8 Å². The summed E-state index contributed by atoms with van der Waals surface area (Å²) in [4.78, 5) is 13.1. The van der Waals surface area contributed by atoms with Crippen LogP contribution < -0.4 is 14.4 Å². The van der Waals surface area contributed by atoms with E-state index < -0.39 is 16.1 Å². The first-order chi connectivity index (χ1) is 13.7. The van der Waals surface area contributed by atoms with Gasteiger partial charge in [-0.3, -0.25) is 9.10 Å². The number of methoxy groups -OCH3 is 1. The molecule has 1 N–H and O–H groups in total. The minimum absolute atomic E-state index is 0.141. The Bertz CT molecular complexity index is 1010. The van der Waals surface area contributed by atoms with E-state index in [2.05, 4.69) is 11.4 Å². The standard InChI is InChI=1S/C21H25ClN2O4S/c1-14(21(25)23-18-10-6-8-15-7-4-5-9-17(15)18)24(29(3,26)27)19-13-16(22)11-12-20(19)28-2/h4-5,7,9,11-14,18H,6,8,10H2,1-3H3,(H,23,25)/t14-,18+/m0/s1. The molecule has 0 heterocycles. The van der Waals surface area contributed by atoms with Crippen LogP contribution in [0.2, 0.25) is 5.02 Å². The highest BCUT2D eigenvalue weighted by Crippen LogP contribution is 2.35. The van der Waals surface area contributed by atoms with E-state index in [0.717, 1.165) is 35.4 Å². The molecule has 1 aliphatic rings. The van der Waals surface area contributed by atoms with E-state index >= 15 is 0 Å². The Morgan fingerprint density at radius 3 is 2.69 bits per heavy atom. The molecule has 8 heteroatoms. The number of fused-ring (bicyclic) bond motifs is 1. The average Bonchev–Trinajstić information content (AvgIpc) is 2.67. The SMILES string of the molecule is COc1ccc(Cl)cc1N([C@@H](C)C(=O)N[C@@H]1CCCc2ccccc21)S(C)(=O)=O. The van der Waals surface area contributed by atoms with Gasteiger partial charge in [0.1, 0.15) is 11.8 Å². The lowest BCUT2D eigenvalue weighted by atomic mass is 9.87. The maximum atomic E-state index is 13.1. The van der Waals surface area contributed by atoms with Crippen LogP contribution in [0.5, 0.6) is 5.75 Å². The molecule has 2 atom stereocenters. The van der Waals surface area contributed by atoms with Crippen LogP contribution in [-0.2, 0) is 21.2 Å². The van der Waals surface area contributed by atoms with Crippen LogP contribution in [0.25, 0.3) is 0 Å². The number of amides is 1. The predicted octanol–water partition coefficient (Wildman–Crippen LogP) is 3.70. The quantitative estimate of drug-likeness (QED) is 0.749. The van der Waals surface area contributed by atoms with Crippen molar-refractivity contribution < 1.29 is 17.9 Å². The lowest BCUT2D eigenvalue weighted by Gasteiger charge is -2.32. The normalized spacial score (nSPS) is 17.2. The zero-order chi connectivity index (χ0) is 21.2. The van der Waals surface area contributed by atoms with E-state index in [9.17, 15) is 13.2 Å². The molecule has 1 amide bonds. The number of halogens is 1. The second kappa shape index (κ2) is 8.63. The zero-order valence-corrected chi connectivity index (χ0v) is 18.3. The summed E-state index contributed by atoms with van der Waals surface area (Å²) in [5.41, 5.74) is 2.54. The lowest BCUT2D eigenvalue weighted by Crippen LogP contribution is -2.49. The van der Waals surface area contributed by atoms with Crippen LogP contribution in [-0.4, -0.2) is 33.7 Å². The number of sulfonamides is 1. The molecular formula is C21H25ClN2O4S. The monoisotopic (exact) mass is 436 g/mol. The molecule has 0 aliphatic heterocycles. The maximum absolute atomic E-state index is 13.1. The van der Waals surface area contributed by atoms with Gasteiger partial charge in [0.15, 0.2) is 0 Å². The number of rotatable bonds is 6. The molecule has 0 aromatic heterocycles. The van der Waals surface area contributed by atoms with Gasteiger partial charge in [-0.2, -0.15) is 0 Å². The summed E-state index contributed by atoms with van der Waals surface area (Å²) in [5, 5.41) is 3.38. The number of ether oxygens (including phenoxy) is 1. The van der Waals surface area contributed by atoms with E-state index in [1.165, 1.54) is 18.7 Å². The van der Waals surface area contributed by atoms with Gasteiger partial charge in [0.2, 0.25) is 15.9 Å². The molecule has 2 aromatic carbocycles. The highest BCUT2D eigenvalue weighted by molar-refractivity contribution is 7.92. The number of aryl methyl sites for hydroxylation is 1. The van der Waals surface area contributed by atoms with E-state index in [1.807, 2.05) is 18.2 Å². The Morgan fingerprint density at radius 2 is 2.00 bits per heavy atom. The Labute approximate surface area is 176 Å².